The van der Waals surface area contributed by atoms with Gasteiger partial charge in [0.2, 0.25) is 17.6 Å². The highest BCUT2D eigenvalue weighted by Gasteiger charge is 2.36. The molecule has 0 bridgehead atoms. The molecule has 0 saturated carbocycles. The third kappa shape index (κ3) is 3.64. The van der Waals surface area contributed by atoms with Crippen LogP contribution in [0.3, 0.4) is 0 Å². The maximum absolute atomic E-state index is 12.4. The average molecular weight is 380 g/mol. The zero-order chi connectivity index (χ0) is 18.8. The molecular formula is C21H18ClN3O2. The van der Waals surface area contributed by atoms with E-state index in [1.54, 1.807) is 18.2 Å². The summed E-state index contributed by atoms with van der Waals surface area (Å²) in [6.45, 7) is 4.27. The summed E-state index contributed by atoms with van der Waals surface area (Å²) < 4.78 is 5.48. The molecule has 1 aromatic heterocycles. The molecule has 5 nitrogen and oxygen atoms in total. The maximum Gasteiger partial charge on any atom is 0.249 e. The Morgan fingerprint density at radius 1 is 1.19 bits per heavy atom. The Hall–Kier alpha value is -2.92. The Kier molecular flexibility index (Phi) is 4.77. The number of benzene rings is 2. The number of halogens is 1. The summed E-state index contributed by atoms with van der Waals surface area (Å²) in [6, 6.07) is 15.0. The van der Waals surface area contributed by atoms with Crippen molar-refractivity contribution in [1.29, 1.82) is 0 Å². The first-order chi connectivity index (χ1) is 13.1. The number of carbonyl (C=O) groups excluding carboxylic acids is 1. The molecule has 1 aliphatic rings. The summed E-state index contributed by atoms with van der Waals surface area (Å²) in [5.41, 5.74) is 2.93. The minimum absolute atomic E-state index is 0.0963. The summed E-state index contributed by atoms with van der Waals surface area (Å²) >= 11 is 5.93. The van der Waals surface area contributed by atoms with E-state index in [0.29, 0.717) is 36.1 Å². The van der Waals surface area contributed by atoms with E-state index in [1.807, 2.05) is 41.3 Å². The lowest BCUT2D eigenvalue weighted by Gasteiger charge is -2.22. The van der Waals surface area contributed by atoms with E-state index >= 15 is 0 Å². The van der Waals surface area contributed by atoms with Gasteiger partial charge in [0.05, 0.1) is 0 Å². The molecule has 1 fully saturated rings. The van der Waals surface area contributed by atoms with Gasteiger partial charge in [0.1, 0.15) is 6.04 Å². The van der Waals surface area contributed by atoms with E-state index in [1.165, 1.54) is 0 Å². The summed E-state index contributed by atoms with van der Waals surface area (Å²) in [6.07, 6.45) is 2.95. The highest BCUT2D eigenvalue weighted by Crippen LogP contribution is 2.34. The molecule has 2 aromatic carbocycles. The van der Waals surface area contributed by atoms with E-state index in [9.17, 15) is 4.79 Å². The van der Waals surface area contributed by atoms with Crippen LogP contribution in [-0.4, -0.2) is 20.9 Å². The van der Waals surface area contributed by atoms with Crippen LogP contribution in [0, 0.1) is 0 Å². The molecule has 4 rings (SSSR count). The minimum Gasteiger partial charge on any atom is -0.337 e. The molecule has 0 radical (unpaired) electrons. The standard InChI is InChI=1S/C21H18ClN3O2/c1-2-14-3-5-15(6-4-14)13-25-18(11-12-19(25)26)21-23-20(24-27-21)16-7-9-17(22)10-8-16/h2-10,18H,1,11-13H2. The van der Waals surface area contributed by atoms with Gasteiger partial charge in [-0.1, -0.05) is 53.7 Å². The van der Waals surface area contributed by atoms with Crippen molar-refractivity contribution in [2.75, 3.05) is 0 Å². The molecule has 1 atom stereocenters. The highest BCUT2D eigenvalue weighted by atomic mass is 35.5. The van der Waals surface area contributed by atoms with Crippen LogP contribution in [0.4, 0.5) is 0 Å². The zero-order valence-corrected chi connectivity index (χ0v) is 15.4. The van der Waals surface area contributed by atoms with Crippen LogP contribution in [0.2, 0.25) is 5.02 Å². The minimum atomic E-state index is -0.204. The molecule has 1 aliphatic heterocycles. The molecular weight excluding hydrogens is 362 g/mol. The number of hydrogen-bond acceptors (Lipinski definition) is 4. The lowest BCUT2D eigenvalue weighted by molar-refractivity contribution is -0.129. The van der Waals surface area contributed by atoms with Crippen LogP contribution < -0.4 is 0 Å². The third-order valence-corrected chi connectivity index (χ3v) is 4.98. The predicted molar refractivity (Wildman–Crippen MR) is 104 cm³/mol. The van der Waals surface area contributed by atoms with Crippen molar-refractivity contribution in [1.82, 2.24) is 15.0 Å². The van der Waals surface area contributed by atoms with E-state index in [4.69, 9.17) is 16.1 Å². The van der Waals surface area contributed by atoms with Crippen LogP contribution in [0.5, 0.6) is 0 Å². The summed E-state index contributed by atoms with van der Waals surface area (Å²) in [4.78, 5) is 18.7. The Balaban J connectivity index is 1.55. The van der Waals surface area contributed by atoms with Gasteiger partial charge in [0, 0.05) is 23.6 Å². The lowest BCUT2D eigenvalue weighted by Crippen LogP contribution is -2.27. The smallest absolute Gasteiger partial charge is 0.249 e. The summed E-state index contributed by atoms with van der Waals surface area (Å²) in [5.74, 6) is 1.06. The highest BCUT2D eigenvalue weighted by molar-refractivity contribution is 6.30. The van der Waals surface area contributed by atoms with E-state index in [2.05, 4.69) is 16.7 Å². The van der Waals surface area contributed by atoms with Crippen molar-refractivity contribution in [3.05, 3.63) is 77.2 Å². The van der Waals surface area contributed by atoms with Gasteiger partial charge in [0.15, 0.2) is 0 Å². The zero-order valence-electron chi connectivity index (χ0n) is 14.6. The van der Waals surface area contributed by atoms with Crippen molar-refractivity contribution >= 4 is 23.6 Å². The first-order valence-corrected chi connectivity index (χ1v) is 9.12. The number of nitrogens with zero attached hydrogens (tertiary/aromatic N) is 3. The molecule has 0 aliphatic carbocycles. The Morgan fingerprint density at radius 3 is 2.63 bits per heavy atom. The SMILES string of the molecule is C=Cc1ccc(CN2C(=O)CCC2c2nc(-c3ccc(Cl)cc3)no2)cc1. The van der Waals surface area contributed by atoms with E-state index in [-0.39, 0.29) is 11.9 Å². The van der Waals surface area contributed by atoms with Crippen molar-refractivity contribution in [3.63, 3.8) is 0 Å². The molecule has 1 unspecified atom stereocenters. The van der Waals surface area contributed by atoms with Gasteiger partial charge in [0.25, 0.3) is 0 Å². The number of rotatable bonds is 5. The second-order valence-corrected chi connectivity index (χ2v) is 6.92. The predicted octanol–water partition coefficient (Wildman–Crippen LogP) is 4.90. The normalized spacial score (nSPS) is 16.7. The molecule has 6 heteroatoms. The number of hydrogen-bond donors (Lipinski definition) is 0. The molecule has 136 valence electrons. The second-order valence-electron chi connectivity index (χ2n) is 6.48. The molecule has 0 N–H and O–H groups in total. The van der Waals surface area contributed by atoms with Gasteiger partial charge in [-0.3, -0.25) is 4.79 Å². The van der Waals surface area contributed by atoms with Crippen LogP contribution in [0.1, 0.15) is 35.9 Å². The Labute approximate surface area is 162 Å². The fourth-order valence-electron chi connectivity index (χ4n) is 3.23. The average Bonchev–Trinajstić information content (AvgIpc) is 3.31. The molecule has 0 spiro atoms. The monoisotopic (exact) mass is 379 g/mol. The van der Waals surface area contributed by atoms with Crippen LogP contribution in [-0.2, 0) is 11.3 Å². The topological polar surface area (TPSA) is 59.2 Å². The fraction of sp³-hybridized carbons (Fsp3) is 0.190. The molecule has 1 amide bonds. The Bertz CT molecular complexity index is 964. The second kappa shape index (κ2) is 7.37. The first-order valence-electron chi connectivity index (χ1n) is 8.74. The van der Waals surface area contributed by atoms with Gasteiger partial charge in [-0.2, -0.15) is 4.98 Å². The quantitative estimate of drug-likeness (QED) is 0.632. The lowest BCUT2D eigenvalue weighted by atomic mass is 10.1. The van der Waals surface area contributed by atoms with Crippen molar-refractivity contribution < 1.29 is 9.32 Å². The van der Waals surface area contributed by atoms with Crippen LogP contribution in [0.25, 0.3) is 17.5 Å². The largest absolute Gasteiger partial charge is 0.337 e. The number of likely N-dealkylation sites (tertiary alicyclic amines) is 1. The molecule has 3 aromatic rings. The van der Waals surface area contributed by atoms with Crippen LogP contribution >= 0.6 is 11.6 Å². The summed E-state index contributed by atoms with van der Waals surface area (Å²) in [7, 11) is 0. The van der Waals surface area contributed by atoms with E-state index in [0.717, 1.165) is 16.7 Å². The summed E-state index contributed by atoms with van der Waals surface area (Å²) in [5, 5.41) is 4.72. The molecule has 1 saturated heterocycles. The Morgan fingerprint density at radius 2 is 1.93 bits per heavy atom. The first kappa shape index (κ1) is 17.5. The van der Waals surface area contributed by atoms with Crippen molar-refractivity contribution in [2.45, 2.75) is 25.4 Å². The maximum atomic E-state index is 12.4. The number of carbonyl (C=O) groups is 1. The van der Waals surface area contributed by atoms with Gasteiger partial charge >= 0.3 is 0 Å². The molecule has 27 heavy (non-hydrogen) atoms. The third-order valence-electron chi connectivity index (χ3n) is 4.73. The number of amides is 1. The van der Waals surface area contributed by atoms with Crippen molar-refractivity contribution in [2.24, 2.45) is 0 Å². The van der Waals surface area contributed by atoms with Gasteiger partial charge in [-0.25, -0.2) is 0 Å². The van der Waals surface area contributed by atoms with Crippen molar-refractivity contribution in [3.8, 4) is 11.4 Å². The van der Waals surface area contributed by atoms with Gasteiger partial charge in [-0.15, -0.1) is 0 Å². The number of aromatic nitrogens is 2. The van der Waals surface area contributed by atoms with Crippen LogP contribution in [0.15, 0.2) is 59.6 Å². The van der Waals surface area contributed by atoms with Gasteiger partial charge < -0.3 is 9.42 Å². The fourth-order valence-corrected chi connectivity index (χ4v) is 3.36. The van der Waals surface area contributed by atoms with Gasteiger partial charge in [-0.05, 0) is 41.8 Å². The van der Waals surface area contributed by atoms with E-state index < -0.39 is 0 Å². The molecule has 2 heterocycles.